The Kier molecular flexibility index (Phi) is 3.76. The van der Waals surface area contributed by atoms with E-state index in [0.717, 1.165) is 11.1 Å². The summed E-state index contributed by atoms with van der Waals surface area (Å²) in [5, 5.41) is 0. The van der Waals surface area contributed by atoms with Crippen molar-refractivity contribution < 1.29 is 0 Å². The van der Waals surface area contributed by atoms with Crippen LogP contribution in [0.5, 0.6) is 0 Å². The van der Waals surface area contributed by atoms with Crippen molar-refractivity contribution in [3.63, 3.8) is 0 Å². The Morgan fingerprint density at radius 3 is 2.79 bits per heavy atom. The highest BCUT2D eigenvalue weighted by molar-refractivity contribution is 5.20. The third kappa shape index (κ3) is 2.38. The third-order valence-corrected chi connectivity index (χ3v) is 2.14. The highest BCUT2D eigenvalue weighted by atomic mass is 15.2. The van der Waals surface area contributed by atoms with E-state index in [1.54, 1.807) is 12.4 Å². The van der Waals surface area contributed by atoms with Crippen molar-refractivity contribution in [1.29, 1.82) is 0 Å². The van der Waals surface area contributed by atoms with E-state index in [9.17, 15) is 0 Å². The molecule has 2 unspecified atom stereocenters. The van der Waals surface area contributed by atoms with E-state index in [-0.39, 0.29) is 12.1 Å². The smallest absolute Gasteiger partial charge is 0.0608 e. The Hall–Kier alpha value is -1.23. The van der Waals surface area contributed by atoms with Gasteiger partial charge in [-0.2, -0.15) is 0 Å². The largest absolute Gasteiger partial charge is 0.322 e. The molecule has 0 aliphatic heterocycles. The minimum atomic E-state index is -0.216. The fourth-order valence-corrected chi connectivity index (χ4v) is 1.32. The Morgan fingerprint density at radius 1 is 1.64 bits per heavy atom. The second kappa shape index (κ2) is 4.85. The van der Waals surface area contributed by atoms with Crippen LogP contribution in [0.15, 0.2) is 36.7 Å². The average molecular weight is 192 g/mol. The maximum Gasteiger partial charge on any atom is 0.0608 e. The normalized spacial score (nSPS) is 14.8. The lowest BCUT2D eigenvalue weighted by atomic mass is 9.97. The topological polar surface area (TPSA) is 77.0 Å². The summed E-state index contributed by atoms with van der Waals surface area (Å²) in [6.45, 7) is 5.72. The van der Waals surface area contributed by atoms with Gasteiger partial charge in [-0.05, 0) is 18.6 Å². The molecule has 1 aromatic rings. The number of nitrogens with zero attached hydrogens (tertiary/aromatic N) is 1. The van der Waals surface area contributed by atoms with Crippen LogP contribution < -0.4 is 17.0 Å². The van der Waals surface area contributed by atoms with Crippen LogP contribution in [0.1, 0.15) is 18.5 Å². The van der Waals surface area contributed by atoms with Crippen molar-refractivity contribution >= 4 is 0 Å². The molecule has 0 amide bonds. The van der Waals surface area contributed by atoms with Gasteiger partial charge in [-0.15, -0.1) is 0 Å². The molecule has 0 spiro atoms. The van der Waals surface area contributed by atoms with Crippen LogP contribution in [0.2, 0.25) is 0 Å². The van der Waals surface area contributed by atoms with Gasteiger partial charge in [-0.25, -0.2) is 0 Å². The zero-order valence-corrected chi connectivity index (χ0v) is 8.27. The Labute approximate surface area is 84.0 Å². The van der Waals surface area contributed by atoms with Gasteiger partial charge in [0, 0.05) is 12.4 Å². The summed E-state index contributed by atoms with van der Waals surface area (Å²) in [6, 6.07) is 3.43. The van der Waals surface area contributed by atoms with Crippen molar-refractivity contribution in [2.24, 2.45) is 11.6 Å². The van der Waals surface area contributed by atoms with E-state index in [4.69, 9.17) is 11.6 Å². The molecule has 1 aromatic heterocycles. The quantitative estimate of drug-likeness (QED) is 0.368. The SMILES string of the molecule is C=C(C)C(NN)C(N)c1cccnc1. The fourth-order valence-electron chi connectivity index (χ4n) is 1.32. The molecule has 0 radical (unpaired) electrons. The summed E-state index contributed by atoms with van der Waals surface area (Å²) in [7, 11) is 0. The minimum absolute atomic E-state index is 0.126. The molecular formula is C10H16N4. The highest BCUT2D eigenvalue weighted by Gasteiger charge is 2.18. The van der Waals surface area contributed by atoms with E-state index in [2.05, 4.69) is 17.0 Å². The molecule has 1 heterocycles. The summed E-state index contributed by atoms with van der Waals surface area (Å²) in [5.74, 6) is 5.40. The van der Waals surface area contributed by atoms with Crippen molar-refractivity contribution in [3.05, 3.63) is 42.2 Å². The first-order chi connectivity index (χ1) is 6.66. The maximum absolute atomic E-state index is 6.01. The lowest BCUT2D eigenvalue weighted by molar-refractivity contribution is 0.501. The number of rotatable bonds is 4. The van der Waals surface area contributed by atoms with Crippen molar-refractivity contribution in [2.45, 2.75) is 19.0 Å². The molecule has 2 atom stereocenters. The molecule has 0 aromatic carbocycles. The average Bonchev–Trinajstić information content (AvgIpc) is 2.19. The number of hydrogen-bond acceptors (Lipinski definition) is 4. The Bertz CT molecular complexity index is 296. The van der Waals surface area contributed by atoms with Gasteiger partial charge < -0.3 is 5.73 Å². The van der Waals surface area contributed by atoms with E-state index >= 15 is 0 Å². The Balaban J connectivity index is 2.83. The summed E-state index contributed by atoms with van der Waals surface area (Å²) in [5.41, 5.74) is 10.5. The van der Waals surface area contributed by atoms with Crippen LogP contribution in [-0.4, -0.2) is 11.0 Å². The van der Waals surface area contributed by atoms with E-state index in [1.165, 1.54) is 0 Å². The van der Waals surface area contributed by atoms with Gasteiger partial charge >= 0.3 is 0 Å². The summed E-state index contributed by atoms with van der Waals surface area (Å²) < 4.78 is 0. The van der Waals surface area contributed by atoms with Crippen LogP contribution in [0.3, 0.4) is 0 Å². The number of hydrazine groups is 1. The van der Waals surface area contributed by atoms with Crippen LogP contribution in [0, 0.1) is 0 Å². The number of hydrogen-bond donors (Lipinski definition) is 3. The van der Waals surface area contributed by atoms with E-state index < -0.39 is 0 Å². The van der Waals surface area contributed by atoms with Gasteiger partial charge in [-0.3, -0.25) is 16.3 Å². The van der Waals surface area contributed by atoms with Crippen molar-refractivity contribution in [1.82, 2.24) is 10.4 Å². The maximum atomic E-state index is 6.01. The van der Waals surface area contributed by atoms with E-state index in [0.29, 0.717) is 0 Å². The molecule has 4 nitrogen and oxygen atoms in total. The van der Waals surface area contributed by atoms with Gasteiger partial charge in [0.05, 0.1) is 12.1 Å². The predicted molar refractivity (Wildman–Crippen MR) is 57.1 cm³/mol. The number of nitrogens with two attached hydrogens (primary N) is 2. The van der Waals surface area contributed by atoms with Crippen molar-refractivity contribution in [2.75, 3.05) is 0 Å². The second-order valence-corrected chi connectivity index (χ2v) is 3.30. The molecule has 0 bridgehead atoms. The number of pyridine rings is 1. The van der Waals surface area contributed by atoms with Crippen LogP contribution in [0.4, 0.5) is 0 Å². The Morgan fingerprint density at radius 2 is 2.36 bits per heavy atom. The van der Waals surface area contributed by atoms with Gasteiger partial charge in [0.2, 0.25) is 0 Å². The lowest BCUT2D eigenvalue weighted by Crippen LogP contribution is -2.43. The van der Waals surface area contributed by atoms with Crippen molar-refractivity contribution in [3.8, 4) is 0 Å². The molecule has 0 fully saturated rings. The standard InChI is InChI=1S/C10H16N4/c1-7(2)10(14-12)9(11)8-4-3-5-13-6-8/h3-6,9-10,14H,1,11-12H2,2H3. The van der Waals surface area contributed by atoms with E-state index in [1.807, 2.05) is 19.1 Å². The monoisotopic (exact) mass is 192 g/mol. The first-order valence-corrected chi connectivity index (χ1v) is 4.44. The molecule has 14 heavy (non-hydrogen) atoms. The first kappa shape index (κ1) is 10.8. The van der Waals surface area contributed by atoms with Crippen LogP contribution >= 0.6 is 0 Å². The summed E-state index contributed by atoms with van der Waals surface area (Å²) in [6.07, 6.45) is 3.44. The van der Waals surface area contributed by atoms with Gasteiger partial charge in [0.15, 0.2) is 0 Å². The van der Waals surface area contributed by atoms with Gasteiger partial charge in [0.25, 0.3) is 0 Å². The highest BCUT2D eigenvalue weighted by Crippen LogP contribution is 2.16. The predicted octanol–water partition coefficient (Wildman–Crippen LogP) is 0.489. The van der Waals surface area contributed by atoms with Gasteiger partial charge in [0.1, 0.15) is 0 Å². The van der Waals surface area contributed by atoms with Crippen LogP contribution in [-0.2, 0) is 0 Å². The molecule has 0 aliphatic carbocycles. The lowest BCUT2D eigenvalue weighted by Gasteiger charge is -2.23. The third-order valence-electron chi connectivity index (χ3n) is 2.14. The molecule has 76 valence electrons. The number of nitrogens with one attached hydrogen (secondary N) is 1. The molecular weight excluding hydrogens is 176 g/mol. The fraction of sp³-hybridized carbons (Fsp3) is 0.300. The zero-order valence-electron chi connectivity index (χ0n) is 8.27. The van der Waals surface area contributed by atoms with Crippen LogP contribution in [0.25, 0.3) is 0 Å². The first-order valence-electron chi connectivity index (χ1n) is 4.44. The molecule has 0 saturated carbocycles. The summed E-state index contributed by atoms with van der Waals surface area (Å²) in [4.78, 5) is 4.00. The summed E-state index contributed by atoms with van der Waals surface area (Å²) >= 11 is 0. The molecule has 5 N–H and O–H groups in total. The molecule has 0 saturated heterocycles. The molecule has 1 rings (SSSR count). The zero-order chi connectivity index (χ0) is 10.6. The molecule has 0 aliphatic rings. The minimum Gasteiger partial charge on any atom is -0.322 e. The number of aromatic nitrogens is 1. The second-order valence-electron chi connectivity index (χ2n) is 3.30. The van der Waals surface area contributed by atoms with Gasteiger partial charge in [-0.1, -0.05) is 18.2 Å². The molecule has 4 heteroatoms.